The van der Waals surface area contributed by atoms with Crippen LogP contribution in [-0.4, -0.2) is 82.9 Å². The Balaban J connectivity index is -0.000000116. The van der Waals surface area contributed by atoms with E-state index in [1.165, 1.54) is 0 Å². The molecule has 0 aromatic rings. The molecule has 20 heavy (non-hydrogen) atoms. The molecule has 4 N–H and O–H groups in total. The minimum Gasteiger partial charge on any atom is -0.870 e. The Hall–Kier alpha value is -0.240. The average molecular weight is 298 g/mol. The normalized spacial score (nSPS) is 10.8. The molecular weight excluding hydrogens is 260 g/mol. The Morgan fingerprint density at radius 1 is 0.500 bits per heavy atom. The highest BCUT2D eigenvalue weighted by atomic mass is 16.3. The number of hydrogen-bond acceptors (Lipinski definition) is 4. The van der Waals surface area contributed by atoms with Crippen molar-refractivity contribution >= 4 is 0 Å². The molecule has 0 aliphatic carbocycles. The van der Waals surface area contributed by atoms with Crippen molar-refractivity contribution in [3.63, 3.8) is 0 Å². The van der Waals surface area contributed by atoms with Crippen LogP contribution in [0.2, 0.25) is 0 Å². The third kappa shape index (κ3) is 8.84. The fraction of sp³-hybridized carbons (Fsp3) is 1.00. The molecule has 0 bridgehead atoms. The Kier molecular flexibility index (Phi) is 21.2. The first-order valence-corrected chi connectivity index (χ1v) is 7.40. The van der Waals surface area contributed by atoms with Gasteiger partial charge in [-0.1, -0.05) is 0 Å². The van der Waals surface area contributed by atoms with Crippen LogP contribution in [0.5, 0.6) is 0 Å². The van der Waals surface area contributed by atoms with Gasteiger partial charge in [0.1, 0.15) is 0 Å². The van der Waals surface area contributed by atoms with E-state index < -0.39 is 0 Å². The van der Waals surface area contributed by atoms with E-state index in [0.29, 0.717) is 0 Å². The van der Waals surface area contributed by atoms with Crippen LogP contribution in [0.25, 0.3) is 0 Å². The lowest BCUT2D eigenvalue weighted by Gasteiger charge is -2.32. The van der Waals surface area contributed by atoms with Crippen LogP contribution in [0, 0.1) is 0 Å². The second-order valence-corrected chi connectivity index (χ2v) is 4.86. The third-order valence-corrected chi connectivity index (χ3v) is 4.62. The number of nitrogens with zero attached hydrogens (tertiary/aromatic N) is 2. The van der Waals surface area contributed by atoms with E-state index in [4.69, 9.17) is 10.2 Å². The zero-order valence-electron chi connectivity index (χ0n) is 14.3. The first kappa shape index (κ1) is 28.0. The van der Waals surface area contributed by atoms with Gasteiger partial charge in [-0.25, -0.2) is 0 Å². The van der Waals surface area contributed by atoms with Crippen molar-refractivity contribution < 1.29 is 30.1 Å². The van der Waals surface area contributed by atoms with Crippen molar-refractivity contribution in [2.45, 2.75) is 41.5 Å². The summed E-state index contributed by atoms with van der Waals surface area (Å²) in [7, 11) is 0. The summed E-state index contributed by atoms with van der Waals surface area (Å²) in [6.07, 6.45) is 0. The molecule has 0 saturated carbocycles. The summed E-state index contributed by atoms with van der Waals surface area (Å²) >= 11 is 0. The highest BCUT2D eigenvalue weighted by molar-refractivity contribution is 4.28. The lowest BCUT2D eigenvalue weighted by molar-refractivity contribution is -0.940. The predicted octanol–water partition coefficient (Wildman–Crippen LogP) is 1.27. The molecule has 0 saturated heterocycles. The summed E-state index contributed by atoms with van der Waals surface area (Å²) in [5.41, 5.74) is 0. The van der Waals surface area contributed by atoms with Gasteiger partial charge >= 0.3 is 0 Å². The van der Waals surface area contributed by atoms with E-state index in [9.17, 15) is 0 Å². The summed E-state index contributed by atoms with van der Waals surface area (Å²) in [6, 6.07) is 0. The molecule has 0 atom stereocenters. The monoisotopic (exact) mass is 298 g/mol. The van der Waals surface area contributed by atoms with Gasteiger partial charge in [0.25, 0.3) is 0 Å². The van der Waals surface area contributed by atoms with Crippen molar-refractivity contribution in [3.8, 4) is 0 Å². The van der Waals surface area contributed by atoms with E-state index in [1.807, 2.05) is 0 Å². The summed E-state index contributed by atoms with van der Waals surface area (Å²) in [4.78, 5) is 0. The largest absolute Gasteiger partial charge is 0.870 e. The number of aliphatic hydroxyl groups is 2. The lowest BCUT2D eigenvalue weighted by Crippen LogP contribution is -2.48. The molecule has 0 fully saturated rings. The Labute approximate surface area is 125 Å². The predicted molar refractivity (Wildman–Crippen MR) is 81.8 cm³/mol. The van der Waals surface area contributed by atoms with Crippen LogP contribution in [-0.2, 0) is 0 Å². The molecule has 0 aliphatic rings. The van der Waals surface area contributed by atoms with Crippen LogP contribution in [0.1, 0.15) is 41.5 Å². The fourth-order valence-electron chi connectivity index (χ4n) is 1.94. The summed E-state index contributed by atoms with van der Waals surface area (Å²) in [5, 5.41) is 17.9. The molecule has 0 heterocycles. The van der Waals surface area contributed by atoms with Gasteiger partial charge in [-0.05, 0) is 41.5 Å². The maximum atomic E-state index is 8.95. The second kappa shape index (κ2) is 15.2. The first-order valence-electron chi connectivity index (χ1n) is 7.40. The molecule has 0 aromatic heterocycles. The van der Waals surface area contributed by atoms with Gasteiger partial charge in [0, 0.05) is 0 Å². The van der Waals surface area contributed by atoms with Crippen molar-refractivity contribution in [1.82, 2.24) is 0 Å². The molecule has 0 spiro atoms. The van der Waals surface area contributed by atoms with Gasteiger partial charge in [0.2, 0.25) is 0 Å². The van der Waals surface area contributed by atoms with Crippen molar-refractivity contribution in [3.05, 3.63) is 0 Å². The maximum absolute atomic E-state index is 8.95. The maximum Gasteiger partial charge on any atom is 0.180 e. The summed E-state index contributed by atoms with van der Waals surface area (Å²) < 4.78 is 1.67. The first-order chi connectivity index (χ1) is 8.49. The molecule has 6 nitrogen and oxygen atoms in total. The molecular formula is C14H38N2O4. The zero-order valence-corrected chi connectivity index (χ0v) is 14.3. The van der Waals surface area contributed by atoms with Crippen LogP contribution >= 0.6 is 0 Å². The molecule has 128 valence electrons. The smallest absolute Gasteiger partial charge is 0.180 e. The minimum absolute atomic E-state index is 0. The van der Waals surface area contributed by atoms with Gasteiger partial charge in [0.05, 0.1) is 39.3 Å². The van der Waals surface area contributed by atoms with Crippen LogP contribution < -0.4 is 0 Å². The Morgan fingerprint density at radius 3 is 0.650 bits per heavy atom. The van der Waals surface area contributed by atoms with Crippen LogP contribution in [0.15, 0.2) is 0 Å². The van der Waals surface area contributed by atoms with Crippen LogP contribution in [0.4, 0.5) is 0 Å². The zero-order chi connectivity index (χ0) is 14.7. The quantitative estimate of drug-likeness (QED) is 0.520. The van der Waals surface area contributed by atoms with Gasteiger partial charge in [-0.15, -0.1) is 0 Å². The Morgan fingerprint density at radius 2 is 0.650 bits per heavy atom. The Bertz CT molecular complexity index is 129. The lowest BCUT2D eigenvalue weighted by atomic mass is 10.4. The van der Waals surface area contributed by atoms with Crippen LogP contribution in [0.3, 0.4) is 0 Å². The SMILES string of the molecule is CC[N+](CC)(CC)CO.CC[N+](CC)(CC)CO.[OH-].[OH-]. The molecule has 6 heteroatoms. The van der Waals surface area contributed by atoms with Gasteiger partial charge in [-0.2, -0.15) is 0 Å². The summed E-state index contributed by atoms with van der Waals surface area (Å²) in [6.45, 7) is 19.4. The average Bonchev–Trinajstić information content (AvgIpc) is 2.46. The van der Waals surface area contributed by atoms with E-state index in [2.05, 4.69) is 41.5 Å². The highest BCUT2D eigenvalue weighted by Gasteiger charge is 2.18. The van der Waals surface area contributed by atoms with E-state index in [0.717, 1.165) is 48.2 Å². The molecule has 0 rings (SSSR count). The fourth-order valence-corrected chi connectivity index (χ4v) is 1.94. The number of aliphatic hydroxyl groups excluding tert-OH is 2. The van der Waals surface area contributed by atoms with Crippen molar-refractivity contribution in [2.24, 2.45) is 0 Å². The standard InChI is InChI=1S/2C7H18NO.2H2O/c2*1-4-8(5-2,6-3)7-9;;/h2*9H,4-7H2,1-3H3;2*1H2/q2*+1;;/p-2. The van der Waals surface area contributed by atoms with Gasteiger partial charge < -0.3 is 30.1 Å². The van der Waals surface area contributed by atoms with Gasteiger partial charge in [-0.3, -0.25) is 0 Å². The molecule has 0 radical (unpaired) electrons. The number of rotatable bonds is 8. The molecule has 0 unspecified atom stereocenters. The number of quaternary nitrogens is 2. The van der Waals surface area contributed by atoms with E-state index in [1.54, 1.807) is 0 Å². The molecule has 0 aromatic carbocycles. The second-order valence-electron chi connectivity index (χ2n) is 4.86. The topological polar surface area (TPSA) is 100 Å². The van der Waals surface area contributed by atoms with Crippen molar-refractivity contribution in [1.29, 1.82) is 0 Å². The van der Waals surface area contributed by atoms with E-state index >= 15 is 0 Å². The molecule has 0 aliphatic heterocycles. The number of hydrogen-bond donors (Lipinski definition) is 2. The van der Waals surface area contributed by atoms with Crippen molar-refractivity contribution in [2.75, 3.05) is 52.7 Å². The highest BCUT2D eigenvalue weighted by Crippen LogP contribution is 2.02. The van der Waals surface area contributed by atoms with Gasteiger partial charge in [0.15, 0.2) is 13.5 Å². The third-order valence-electron chi connectivity index (χ3n) is 4.62. The molecule has 0 amide bonds. The summed E-state index contributed by atoms with van der Waals surface area (Å²) in [5.74, 6) is 0. The van der Waals surface area contributed by atoms with E-state index in [-0.39, 0.29) is 24.4 Å². The minimum atomic E-state index is 0.